The fraction of sp³-hybridized carbons (Fsp3) is 0.562. The van der Waals surface area contributed by atoms with E-state index in [2.05, 4.69) is 54.8 Å². The highest BCUT2D eigenvalue weighted by Crippen LogP contribution is 2.41. The number of halogens is 4. The maximum atomic E-state index is 14.9. The first-order valence-corrected chi connectivity index (χ1v) is 18.8. The van der Waals surface area contributed by atoms with E-state index in [-0.39, 0.29) is 18.6 Å². The molecule has 1 fully saturated rings. The number of ether oxygens (including phenoxy) is 1. The van der Waals surface area contributed by atoms with Gasteiger partial charge in [-0.3, -0.25) is 0 Å². The minimum Gasteiger partial charge on any atom is -0.445 e. The molecule has 3 aromatic rings. The van der Waals surface area contributed by atoms with Gasteiger partial charge in [-0.05, 0) is 67.6 Å². The summed E-state index contributed by atoms with van der Waals surface area (Å²) in [6.07, 6.45) is -4.84. The van der Waals surface area contributed by atoms with Crippen LogP contribution in [0.2, 0.25) is 19.1 Å². The molecule has 7 nitrogen and oxygen atoms in total. The zero-order chi connectivity index (χ0) is 32.5. The van der Waals surface area contributed by atoms with Gasteiger partial charge in [-0.2, -0.15) is 13.2 Å². The third-order valence-corrected chi connectivity index (χ3v) is 11.8. The summed E-state index contributed by atoms with van der Waals surface area (Å²) in [6.45, 7) is 11.6. The number of aryl methyl sites for hydroxylation is 1. The summed E-state index contributed by atoms with van der Waals surface area (Å²) in [7, 11) is -2.40. The smallest absolute Gasteiger partial charge is 0.419 e. The van der Waals surface area contributed by atoms with Gasteiger partial charge in [-0.25, -0.2) is 9.78 Å². The van der Waals surface area contributed by atoms with Crippen molar-refractivity contribution >= 4 is 41.4 Å². The van der Waals surface area contributed by atoms with Crippen LogP contribution in [0.15, 0.2) is 53.3 Å². The molecular formula is C32H43BrF3N3O4Si. The van der Waals surface area contributed by atoms with Crippen molar-refractivity contribution in [2.45, 2.75) is 103 Å². The van der Waals surface area contributed by atoms with Gasteiger partial charge < -0.3 is 23.7 Å². The Morgan fingerprint density at radius 1 is 1.14 bits per heavy atom. The van der Waals surface area contributed by atoms with Crippen LogP contribution in [0.25, 0.3) is 11.0 Å². The molecule has 0 bridgehead atoms. The molecule has 1 amide bonds. The van der Waals surface area contributed by atoms with Gasteiger partial charge in [0.1, 0.15) is 6.61 Å². The highest BCUT2D eigenvalue weighted by atomic mass is 79.9. The van der Waals surface area contributed by atoms with Crippen molar-refractivity contribution in [3.8, 4) is 0 Å². The molecule has 4 rings (SSSR count). The Bertz CT molecular complexity index is 1440. The second kappa shape index (κ2) is 13.1. The summed E-state index contributed by atoms with van der Waals surface area (Å²) in [5.41, 5.74) is -0.654. The number of carbonyl (C=O) groups is 1. The molecule has 1 N–H and O–H groups in total. The first-order chi connectivity index (χ1) is 20.4. The highest BCUT2D eigenvalue weighted by molar-refractivity contribution is 9.10. The van der Waals surface area contributed by atoms with Crippen LogP contribution in [0.4, 0.5) is 18.0 Å². The van der Waals surface area contributed by atoms with E-state index in [1.165, 1.54) is 15.8 Å². The fourth-order valence-electron chi connectivity index (χ4n) is 6.43. The summed E-state index contributed by atoms with van der Waals surface area (Å²) in [5.74, 6) is 0. The second-order valence-corrected chi connectivity index (χ2v) is 18.7. The lowest BCUT2D eigenvalue weighted by Crippen LogP contribution is -2.60. The molecule has 1 saturated heterocycles. The molecule has 0 saturated carbocycles. The number of amides is 1. The van der Waals surface area contributed by atoms with E-state index in [9.17, 15) is 23.1 Å². The average Bonchev–Trinajstić information content (AvgIpc) is 3.31. The van der Waals surface area contributed by atoms with E-state index >= 15 is 0 Å². The molecule has 0 aliphatic carbocycles. The van der Waals surface area contributed by atoms with Gasteiger partial charge in [-0.15, -0.1) is 0 Å². The minimum atomic E-state index is -5.01. The first kappa shape index (κ1) is 34.5. The van der Waals surface area contributed by atoms with Crippen molar-refractivity contribution in [1.82, 2.24) is 14.5 Å². The summed E-state index contributed by atoms with van der Waals surface area (Å²) >= 11 is 3.44. The number of hydrogen-bond donors (Lipinski definition) is 1. The van der Waals surface area contributed by atoms with E-state index < -0.39 is 51.3 Å². The van der Waals surface area contributed by atoms with Gasteiger partial charge in [0, 0.05) is 17.4 Å². The molecule has 12 heteroatoms. The number of fused-ring (bicyclic) bond motifs is 1. The Morgan fingerprint density at radius 2 is 1.82 bits per heavy atom. The highest BCUT2D eigenvalue weighted by Gasteiger charge is 2.57. The Hall–Kier alpha value is -2.41. The number of hydrogen-bond acceptors (Lipinski definition) is 5. The number of carbonyl (C=O) groups excluding carboxylic acids is 1. The molecule has 1 aliphatic heterocycles. The summed E-state index contributed by atoms with van der Waals surface area (Å²) < 4.78 is 59.2. The lowest BCUT2D eigenvalue weighted by atomic mass is 9.86. The first-order valence-electron chi connectivity index (χ1n) is 14.9. The van der Waals surface area contributed by atoms with Crippen molar-refractivity contribution in [3.63, 3.8) is 0 Å². The van der Waals surface area contributed by atoms with Gasteiger partial charge in [0.05, 0.1) is 36.1 Å². The summed E-state index contributed by atoms with van der Waals surface area (Å²) in [5, 5.41) is 11.6. The number of rotatable bonds is 9. The molecule has 2 aromatic carbocycles. The molecule has 2 heterocycles. The van der Waals surface area contributed by atoms with Crippen LogP contribution in [0, 0.1) is 12.3 Å². The van der Waals surface area contributed by atoms with Gasteiger partial charge in [0.15, 0.2) is 13.9 Å². The quantitative estimate of drug-likeness (QED) is 0.228. The number of imidazole rings is 1. The maximum Gasteiger partial charge on any atom is 0.419 e. The average molecular weight is 699 g/mol. The van der Waals surface area contributed by atoms with Crippen LogP contribution in [-0.4, -0.2) is 64.4 Å². The van der Waals surface area contributed by atoms with Crippen LogP contribution < -0.4 is 0 Å². The third-order valence-electron chi connectivity index (χ3n) is 8.07. The Kier molecular flexibility index (Phi) is 10.3. The molecule has 1 aliphatic rings. The SMILES string of the molecule is Cc1c(Br)ccc2c1ncn2CC(O)(C[C@@H]1[C@@H](O[Si](C)(C)CC(C)(C)C)CCCN1C(=O)OCc1ccccc1)C(F)(F)F. The van der Waals surface area contributed by atoms with Crippen LogP contribution in [-0.2, 0) is 22.3 Å². The monoisotopic (exact) mass is 697 g/mol. The van der Waals surface area contributed by atoms with Crippen molar-refractivity contribution in [2.24, 2.45) is 5.41 Å². The number of alkyl halides is 3. The van der Waals surface area contributed by atoms with E-state index in [0.717, 1.165) is 21.6 Å². The van der Waals surface area contributed by atoms with Crippen LogP contribution in [0.1, 0.15) is 51.2 Å². The topological polar surface area (TPSA) is 76.8 Å². The minimum absolute atomic E-state index is 0.0157. The fourth-order valence-corrected chi connectivity index (χ4v) is 10.5. The van der Waals surface area contributed by atoms with Crippen LogP contribution >= 0.6 is 15.9 Å². The second-order valence-electron chi connectivity index (χ2n) is 13.7. The number of likely N-dealkylation sites (tertiary alicyclic amines) is 1. The van der Waals surface area contributed by atoms with Crippen LogP contribution in [0.3, 0.4) is 0 Å². The van der Waals surface area contributed by atoms with Crippen molar-refractivity contribution in [1.29, 1.82) is 0 Å². The third kappa shape index (κ3) is 8.24. The number of aliphatic hydroxyl groups is 1. The Morgan fingerprint density at radius 3 is 2.45 bits per heavy atom. The molecule has 0 spiro atoms. The molecule has 44 heavy (non-hydrogen) atoms. The number of benzene rings is 2. The Balaban J connectivity index is 1.68. The zero-order valence-electron chi connectivity index (χ0n) is 26.2. The predicted octanol–water partition coefficient (Wildman–Crippen LogP) is 8.23. The standard InChI is InChI=1S/C32H43BrF3N3O4Si/c1-22-24(33)14-15-25-28(22)37-21-38(25)19-31(41,32(34,35)36)17-26-27(43-44(5,6)20-30(2,3)4)13-10-16-39(26)29(40)42-18-23-11-8-7-9-12-23/h7-9,11-12,14-15,21,26-27,41H,10,13,16-20H2,1-6H3/t26-,27+,31?/m1/s1. The number of nitrogens with zero attached hydrogens (tertiary/aromatic N) is 3. The molecule has 3 atom stereocenters. The molecular weight excluding hydrogens is 655 g/mol. The van der Waals surface area contributed by atoms with Gasteiger partial charge >= 0.3 is 12.3 Å². The van der Waals surface area contributed by atoms with Crippen molar-refractivity contribution < 1.29 is 32.2 Å². The van der Waals surface area contributed by atoms with E-state index in [0.29, 0.717) is 23.9 Å². The molecule has 0 radical (unpaired) electrons. The summed E-state index contributed by atoms with van der Waals surface area (Å²) in [4.78, 5) is 19.2. The number of piperidine rings is 1. The largest absolute Gasteiger partial charge is 0.445 e. The van der Waals surface area contributed by atoms with Gasteiger partial charge in [0.2, 0.25) is 0 Å². The van der Waals surface area contributed by atoms with Crippen LogP contribution in [0.5, 0.6) is 0 Å². The lowest BCUT2D eigenvalue weighted by molar-refractivity contribution is -0.273. The van der Waals surface area contributed by atoms with E-state index in [1.807, 2.05) is 37.3 Å². The lowest BCUT2D eigenvalue weighted by Gasteiger charge is -2.46. The van der Waals surface area contributed by atoms with Gasteiger partial charge in [-0.1, -0.05) is 67.0 Å². The normalized spacial score (nSPS) is 19.7. The van der Waals surface area contributed by atoms with Gasteiger partial charge in [0.25, 0.3) is 0 Å². The molecule has 1 unspecified atom stereocenters. The molecule has 242 valence electrons. The van der Waals surface area contributed by atoms with E-state index in [4.69, 9.17) is 9.16 Å². The van der Waals surface area contributed by atoms with Crippen molar-refractivity contribution in [2.75, 3.05) is 6.54 Å². The number of aromatic nitrogens is 2. The predicted molar refractivity (Wildman–Crippen MR) is 171 cm³/mol. The maximum absolute atomic E-state index is 14.9. The summed E-state index contributed by atoms with van der Waals surface area (Å²) in [6, 6.07) is 12.3. The Labute approximate surface area is 267 Å². The van der Waals surface area contributed by atoms with Crippen molar-refractivity contribution in [3.05, 3.63) is 64.4 Å². The molecule has 1 aromatic heterocycles. The van der Waals surface area contributed by atoms with E-state index in [1.54, 1.807) is 12.1 Å². The zero-order valence-corrected chi connectivity index (χ0v) is 28.8.